The van der Waals surface area contributed by atoms with Gasteiger partial charge in [0.05, 0.1) is 11.5 Å². The van der Waals surface area contributed by atoms with E-state index in [1.54, 1.807) is 10.6 Å². The summed E-state index contributed by atoms with van der Waals surface area (Å²) >= 11 is 0. The van der Waals surface area contributed by atoms with Gasteiger partial charge in [0.1, 0.15) is 5.65 Å². The Labute approximate surface area is 91.1 Å². The molecule has 0 spiro atoms. The fourth-order valence-corrected chi connectivity index (χ4v) is 1.21. The third kappa shape index (κ3) is 1.25. The van der Waals surface area contributed by atoms with Crippen molar-refractivity contribution < 1.29 is 8.22 Å². The van der Waals surface area contributed by atoms with Crippen LogP contribution in [0.1, 0.15) is 27.5 Å². The second-order valence-corrected chi connectivity index (χ2v) is 2.97. The van der Waals surface area contributed by atoms with Gasteiger partial charge in [0.15, 0.2) is 0 Å². The number of pyridine rings is 1. The maximum Gasteiger partial charge on any atom is 0.136 e. The van der Waals surface area contributed by atoms with Crippen LogP contribution in [-0.4, -0.2) is 9.38 Å². The molecule has 0 fully saturated rings. The van der Waals surface area contributed by atoms with E-state index in [0.29, 0.717) is 5.65 Å². The molecular formula is C11H11N3. The molecule has 0 saturated carbocycles. The largest absolute Gasteiger partial charge is 0.307 e. The predicted molar refractivity (Wildman–Crippen MR) is 53.8 cm³/mol. The molecule has 2 rings (SSSR count). The topological polar surface area (TPSA) is 41.1 Å². The number of fused-ring (bicyclic) bond motifs is 1. The van der Waals surface area contributed by atoms with Gasteiger partial charge < -0.3 is 4.40 Å². The minimum absolute atomic E-state index is 0.0845. The van der Waals surface area contributed by atoms with Crippen LogP contribution in [-0.2, 0) is 5.41 Å². The van der Waals surface area contributed by atoms with Crippen molar-refractivity contribution in [1.82, 2.24) is 9.38 Å². The first-order chi connectivity index (χ1) is 9.13. The van der Waals surface area contributed by atoms with Crippen molar-refractivity contribution in [3.63, 3.8) is 0 Å². The molecule has 14 heavy (non-hydrogen) atoms. The molecule has 0 aliphatic carbocycles. The summed E-state index contributed by atoms with van der Waals surface area (Å²) in [7, 11) is 0. The lowest BCUT2D eigenvalue weighted by Crippen LogP contribution is -2.13. The summed E-state index contributed by atoms with van der Waals surface area (Å²) in [5, 5.41) is 9.33. The fourth-order valence-electron chi connectivity index (χ4n) is 1.21. The van der Waals surface area contributed by atoms with E-state index in [2.05, 4.69) is 4.98 Å². The van der Waals surface area contributed by atoms with Gasteiger partial charge in [-0.25, -0.2) is 4.98 Å². The Morgan fingerprint density at radius 2 is 2.43 bits per heavy atom. The Hall–Kier alpha value is -1.82. The summed E-state index contributed by atoms with van der Waals surface area (Å²) < 4.78 is 46.8. The van der Waals surface area contributed by atoms with Gasteiger partial charge in [-0.3, -0.25) is 0 Å². The minimum atomic E-state index is -2.99. The number of hydrogen-bond acceptors (Lipinski definition) is 2. The molecule has 2 aromatic heterocycles. The van der Waals surface area contributed by atoms with E-state index >= 15 is 0 Å². The maximum atomic E-state index is 9.33. The van der Waals surface area contributed by atoms with Crippen LogP contribution >= 0.6 is 0 Å². The number of rotatable bonds is 1. The molecule has 3 nitrogen and oxygen atoms in total. The lowest BCUT2D eigenvalue weighted by atomic mass is 9.87. The first-order valence-corrected chi connectivity index (χ1v) is 3.98. The van der Waals surface area contributed by atoms with E-state index in [1.807, 2.05) is 0 Å². The molecule has 0 aliphatic heterocycles. The van der Waals surface area contributed by atoms with E-state index in [1.165, 1.54) is 30.6 Å². The first kappa shape index (κ1) is 4.14. The Kier molecular flexibility index (Phi) is 0.841. The van der Waals surface area contributed by atoms with Crippen LogP contribution in [0.4, 0.5) is 0 Å². The number of nitrogens with zero attached hydrogens (tertiary/aromatic N) is 3. The van der Waals surface area contributed by atoms with Gasteiger partial charge >= 0.3 is 0 Å². The summed E-state index contributed by atoms with van der Waals surface area (Å²) in [6, 6.07) is 4.16. The molecule has 0 saturated heterocycles. The van der Waals surface area contributed by atoms with Crippen LogP contribution in [0.3, 0.4) is 0 Å². The standard InChI is InChI=1S/C11H11N3/c1-11(2,8-12)9-3-5-14-6-4-13-10(14)7-9/h3-7H,1-2H3/i1D3,2D3. The zero-order valence-corrected chi connectivity index (χ0v) is 7.23. The average Bonchev–Trinajstić information content (AvgIpc) is 2.73. The third-order valence-electron chi connectivity index (χ3n) is 2.00. The number of aromatic nitrogens is 2. The molecule has 0 radical (unpaired) electrons. The Morgan fingerprint density at radius 3 is 3.14 bits per heavy atom. The van der Waals surface area contributed by atoms with E-state index < -0.39 is 19.1 Å². The van der Waals surface area contributed by atoms with Gasteiger partial charge in [0, 0.05) is 26.8 Å². The highest BCUT2D eigenvalue weighted by Crippen LogP contribution is 2.22. The van der Waals surface area contributed by atoms with Crippen molar-refractivity contribution in [3.8, 4) is 6.07 Å². The molecule has 0 aromatic carbocycles. The molecule has 0 bridgehead atoms. The van der Waals surface area contributed by atoms with E-state index in [-0.39, 0.29) is 5.56 Å². The highest BCUT2D eigenvalue weighted by Gasteiger charge is 2.19. The van der Waals surface area contributed by atoms with Crippen LogP contribution in [0.15, 0.2) is 30.7 Å². The molecule has 0 unspecified atom stereocenters. The highest BCUT2D eigenvalue weighted by molar-refractivity contribution is 5.45. The molecule has 2 aromatic rings. The van der Waals surface area contributed by atoms with Crippen LogP contribution in [0.25, 0.3) is 5.65 Å². The molecule has 0 aliphatic rings. The first-order valence-electron chi connectivity index (χ1n) is 6.98. The summed E-state index contributed by atoms with van der Waals surface area (Å²) in [5.41, 5.74) is -2.28. The van der Waals surface area contributed by atoms with Crippen molar-refractivity contribution in [2.45, 2.75) is 19.1 Å². The molecule has 3 heteroatoms. The van der Waals surface area contributed by atoms with Gasteiger partial charge in [-0.2, -0.15) is 5.26 Å². The van der Waals surface area contributed by atoms with Crippen molar-refractivity contribution in [2.24, 2.45) is 0 Å². The maximum absolute atomic E-state index is 9.33. The summed E-state index contributed by atoms with van der Waals surface area (Å²) in [6.45, 7) is -5.98. The van der Waals surface area contributed by atoms with E-state index in [4.69, 9.17) is 8.22 Å². The SMILES string of the molecule is [2H]C([2H])([2H])C(C#N)(c1ccn2ccnc2c1)C([2H])([2H])[2H]. The Balaban J connectivity index is 2.78. The average molecular weight is 191 g/mol. The second kappa shape index (κ2) is 2.85. The van der Waals surface area contributed by atoms with Crippen molar-refractivity contribution in [2.75, 3.05) is 0 Å². The normalized spacial score (nSPS) is 19.6. The van der Waals surface area contributed by atoms with Crippen LogP contribution < -0.4 is 0 Å². The number of nitriles is 1. The highest BCUT2D eigenvalue weighted by atomic mass is 15.0. The van der Waals surface area contributed by atoms with Crippen LogP contribution in [0.5, 0.6) is 0 Å². The molecular weight excluding hydrogens is 174 g/mol. The Bertz CT molecular complexity index is 662. The summed E-state index contributed by atoms with van der Waals surface area (Å²) in [6.07, 6.45) is 4.62. The zero-order valence-electron chi connectivity index (χ0n) is 13.2. The fraction of sp³-hybridized carbons (Fsp3) is 0.273. The molecule has 70 valence electrons. The van der Waals surface area contributed by atoms with E-state index in [0.717, 1.165) is 0 Å². The number of hydrogen-bond donors (Lipinski definition) is 0. The quantitative estimate of drug-likeness (QED) is 0.693. The van der Waals surface area contributed by atoms with Crippen molar-refractivity contribution >= 4 is 5.65 Å². The van der Waals surface area contributed by atoms with Gasteiger partial charge in [-0.1, -0.05) is 0 Å². The van der Waals surface area contributed by atoms with Crippen LogP contribution in [0.2, 0.25) is 0 Å². The predicted octanol–water partition coefficient (Wildman–Crippen LogP) is 2.14. The molecule has 0 N–H and O–H groups in total. The monoisotopic (exact) mass is 191 g/mol. The van der Waals surface area contributed by atoms with Gasteiger partial charge in [-0.05, 0) is 31.4 Å². The van der Waals surface area contributed by atoms with Crippen LogP contribution in [0, 0.1) is 11.3 Å². The molecule has 0 atom stereocenters. The summed E-state index contributed by atoms with van der Waals surface area (Å²) in [5.74, 6) is 0. The van der Waals surface area contributed by atoms with Gasteiger partial charge in [-0.15, -0.1) is 0 Å². The van der Waals surface area contributed by atoms with Gasteiger partial charge in [0.2, 0.25) is 0 Å². The second-order valence-electron chi connectivity index (χ2n) is 2.97. The minimum Gasteiger partial charge on any atom is -0.307 e. The number of imidazole rings is 1. The zero-order chi connectivity index (χ0) is 15.2. The lowest BCUT2D eigenvalue weighted by molar-refractivity contribution is 0.686. The van der Waals surface area contributed by atoms with Crippen molar-refractivity contribution in [3.05, 3.63) is 36.3 Å². The molecule has 2 heterocycles. The van der Waals surface area contributed by atoms with Crippen molar-refractivity contribution in [1.29, 1.82) is 5.26 Å². The smallest absolute Gasteiger partial charge is 0.136 e. The summed E-state index contributed by atoms with van der Waals surface area (Å²) in [4.78, 5) is 3.98. The third-order valence-corrected chi connectivity index (χ3v) is 2.00. The van der Waals surface area contributed by atoms with Gasteiger partial charge in [0.25, 0.3) is 0 Å². The Morgan fingerprint density at radius 1 is 1.57 bits per heavy atom. The molecule has 0 amide bonds. The lowest BCUT2D eigenvalue weighted by Gasteiger charge is -2.15. The van der Waals surface area contributed by atoms with E-state index in [9.17, 15) is 5.26 Å².